The summed E-state index contributed by atoms with van der Waals surface area (Å²) in [5.74, 6) is -1.28. The van der Waals surface area contributed by atoms with Gasteiger partial charge in [-0.05, 0) is 125 Å². The summed E-state index contributed by atoms with van der Waals surface area (Å²) >= 11 is 0. The molecule has 1 aromatic heterocycles. The van der Waals surface area contributed by atoms with E-state index in [1.165, 1.54) is 31.7 Å². The van der Waals surface area contributed by atoms with Crippen molar-refractivity contribution in [1.82, 2.24) is 19.6 Å². The highest BCUT2D eigenvalue weighted by Crippen LogP contribution is 2.49. The van der Waals surface area contributed by atoms with E-state index in [0.29, 0.717) is 24.1 Å². The average molecular weight is 677 g/mol. The van der Waals surface area contributed by atoms with Gasteiger partial charge in [0.05, 0.1) is 35.3 Å². The Hall–Kier alpha value is -4.24. The Morgan fingerprint density at radius 2 is 1.64 bits per heavy atom. The minimum Gasteiger partial charge on any atom is -0.382 e. The van der Waals surface area contributed by atoms with Crippen LogP contribution in [0.2, 0.25) is 0 Å². The minimum absolute atomic E-state index is 0.0476. The molecule has 9 heteroatoms. The van der Waals surface area contributed by atoms with Gasteiger partial charge in [0.15, 0.2) is 0 Å². The van der Waals surface area contributed by atoms with Gasteiger partial charge in [-0.25, -0.2) is 4.39 Å². The summed E-state index contributed by atoms with van der Waals surface area (Å²) in [7, 11) is 2.16. The van der Waals surface area contributed by atoms with Gasteiger partial charge in [0.25, 0.3) is 5.91 Å². The van der Waals surface area contributed by atoms with Gasteiger partial charge in [-0.3, -0.25) is 14.3 Å². The van der Waals surface area contributed by atoms with Crippen LogP contribution in [0, 0.1) is 24.6 Å². The third-order valence-corrected chi connectivity index (χ3v) is 12.1. The quantitative estimate of drug-likeness (QED) is 0.207. The predicted molar refractivity (Wildman–Crippen MR) is 196 cm³/mol. The van der Waals surface area contributed by atoms with Crippen molar-refractivity contribution in [3.05, 3.63) is 89.4 Å². The fourth-order valence-corrected chi connectivity index (χ4v) is 9.44. The smallest absolute Gasteiger partial charge is 0.257 e. The molecule has 2 saturated carbocycles. The van der Waals surface area contributed by atoms with E-state index in [1.807, 2.05) is 23.2 Å². The Labute approximate surface area is 294 Å². The first-order valence-electron chi connectivity index (χ1n) is 18.7. The van der Waals surface area contributed by atoms with Crippen molar-refractivity contribution >= 4 is 34.1 Å². The summed E-state index contributed by atoms with van der Waals surface area (Å²) in [6.07, 6.45) is 12.3. The van der Waals surface area contributed by atoms with Gasteiger partial charge < -0.3 is 20.4 Å². The molecule has 2 aliphatic heterocycles. The van der Waals surface area contributed by atoms with Crippen molar-refractivity contribution < 1.29 is 14.0 Å². The molecular weight excluding hydrogens is 627 g/mol. The van der Waals surface area contributed by atoms with Crippen molar-refractivity contribution in [2.24, 2.45) is 11.8 Å². The minimum atomic E-state index is -0.530. The number of nitrogens with one attached hydrogen (secondary N) is 2. The SMILES string of the molecule is Cc1cccc(F)c1C(=O)N1C2CCCC2CC(C(=O)Nc2ccc3c(cnn3C3CCN(C)CC3)c2)[C@@H]1c1ccc(NC2CCCC2)cc1. The lowest BCUT2D eigenvalue weighted by atomic mass is 9.76. The second-order valence-electron chi connectivity index (χ2n) is 15.3. The first-order chi connectivity index (χ1) is 24.3. The number of nitrogens with zero attached hydrogens (tertiary/aromatic N) is 4. The van der Waals surface area contributed by atoms with Crippen molar-refractivity contribution in [2.75, 3.05) is 30.8 Å². The number of hydrogen-bond acceptors (Lipinski definition) is 5. The zero-order chi connectivity index (χ0) is 34.4. The lowest BCUT2D eigenvalue weighted by Crippen LogP contribution is -2.54. The number of piperidine rings is 2. The summed E-state index contributed by atoms with van der Waals surface area (Å²) in [6.45, 7) is 3.90. The molecule has 4 aliphatic rings. The lowest BCUT2D eigenvalue weighted by molar-refractivity contribution is -0.125. The number of fused-ring (bicyclic) bond motifs is 2. The Kier molecular flexibility index (Phi) is 9.10. The predicted octanol–water partition coefficient (Wildman–Crippen LogP) is 8.12. The van der Waals surface area contributed by atoms with Gasteiger partial charge in [-0.15, -0.1) is 0 Å². The first kappa shape index (κ1) is 32.9. The first-order valence-corrected chi connectivity index (χ1v) is 18.7. The lowest BCUT2D eigenvalue weighted by Gasteiger charge is -2.48. The summed E-state index contributed by atoms with van der Waals surface area (Å²) in [4.78, 5) is 33.4. The molecule has 3 heterocycles. The number of anilines is 2. The van der Waals surface area contributed by atoms with Gasteiger partial charge in [-0.2, -0.15) is 5.10 Å². The molecule has 2 aliphatic carbocycles. The van der Waals surface area contributed by atoms with E-state index >= 15 is 4.39 Å². The van der Waals surface area contributed by atoms with Crippen LogP contribution in [0.3, 0.4) is 0 Å². The van der Waals surface area contributed by atoms with Crippen LogP contribution in [0.1, 0.15) is 97.8 Å². The average Bonchev–Trinajstić information content (AvgIpc) is 3.90. The molecule has 262 valence electrons. The molecule has 0 spiro atoms. The molecule has 2 saturated heterocycles. The van der Waals surface area contributed by atoms with E-state index in [4.69, 9.17) is 5.10 Å². The molecular formula is C41H49FN6O2. The number of carbonyl (C=O) groups is 2. The van der Waals surface area contributed by atoms with Crippen LogP contribution in [0.4, 0.5) is 15.8 Å². The van der Waals surface area contributed by atoms with E-state index in [0.717, 1.165) is 73.0 Å². The molecule has 3 unspecified atom stereocenters. The summed E-state index contributed by atoms with van der Waals surface area (Å²) in [6, 6.07) is 19.4. The fourth-order valence-electron chi connectivity index (χ4n) is 9.44. The maximum absolute atomic E-state index is 15.4. The van der Waals surface area contributed by atoms with E-state index in [2.05, 4.69) is 57.6 Å². The summed E-state index contributed by atoms with van der Waals surface area (Å²) < 4.78 is 17.6. The van der Waals surface area contributed by atoms with Gasteiger partial charge >= 0.3 is 0 Å². The Morgan fingerprint density at radius 1 is 0.880 bits per heavy atom. The Balaban J connectivity index is 1.12. The monoisotopic (exact) mass is 676 g/mol. The molecule has 8 rings (SSSR count). The summed E-state index contributed by atoms with van der Waals surface area (Å²) in [5.41, 5.74) is 4.47. The largest absolute Gasteiger partial charge is 0.382 e. The number of halogens is 1. The maximum Gasteiger partial charge on any atom is 0.257 e. The van der Waals surface area contributed by atoms with E-state index < -0.39 is 17.8 Å². The van der Waals surface area contributed by atoms with Gasteiger partial charge in [0.2, 0.25) is 5.91 Å². The number of aromatic nitrogens is 2. The number of rotatable bonds is 7. The van der Waals surface area contributed by atoms with Crippen LogP contribution in [0.25, 0.3) is 10.9 Å². The van der Waals surface area contributed by atoms with Crippen LogP contribution >= 0.6 is 0 Å². The standard InChI is InChI=1S/C41H49FN6O2/c1-26-7-5-11-35(42)38(26)41(50)47-36-12-6-8-28(36)24-34(39(47)27-13-15-31(16-14-27)44-30-9-3-4-10-30)40(49)45-32-17-18-37-29(23-32)25-43-48(37)33-19-21-46(2)22-20-33/h5,7,11,13-18,23,25,28,30,33-34,36,39,44H,3-4,6,8-10,12,19-22,24H2,1-2H3,(H,45,49)/t28?,34?,36?,39-/m0/s1. The Bertz CT molecular complexity index is 1840. The third kappa shape index (κ3) is 6.29. The van der Waals surface area contributed by atoms with Crippen molar-refractivity contribution in [1.29, 1.82) is 0 Å². The molecule has 2 amide bonds. The second-order valence-corrected chi connectivity index (χ2v) is 15.3. The normalized spacial score (nSPS) is 24.8. The van der Waals surface area contributed by atoms with Gasteiger partial charge in [0.1, 0.15) is 5.82 Å². The number of aryl methyl sites for hydroxylation is 1. The highest BCUT2D eigenvalue weighted by atomic mass is 19.1. The van der Waals surface area contributed by atoms with E-state index in [9.17, 15) is 9.59 Å². The number of carbonyl (C=O) groups excluding carboxylic acids is 2. The molecule has 4 aromatic rings. The molecule has 50 heavy (non-hydrogen) atoms. The van der Waals surface area contributed by atoms with Crippen LogP contribution in [0.5, 0.6) is 0 Å². The maximum atomic E-state index is 15.4. The third-order valence-electron chi connectivity index (χ3n) is 12.1. The highest BCUT2D eigenvalue weighted by Gasteiger charge is 2.50. The van der Waals surface area contributed by atoms with Crippen molar-refractivity contribution in [3.63, 3.8) is 0 Å². The molecule has 3 aromatic carbocycles. The number of benzene rings is 3. The number of hydrogen-bond donors (Lipinski definition) is 2. The van der Waals surface area contributed by atoms with E-state index in [-0.39, 0.29) is 29.3 Å². The molecule has 0 radical (unpaired) electrons. The molecule has 8 nitrogen and oxygen atoms in total. The van der Waals surface area contributed by atoms with Crippen LogP contribution < -0.4 is 10.6 Å². The highest BCUT2D eigenvalue weighted by molar-refractivity contribution is 5.99. The number of likely N-dealkylation sites (tertiary alicyclic amines) is 2. The van der Waals surface area contributed by atoms with Crippen LogP contribution in [0.15, 0.2) is 66.9 Å². The summed E-state index contributed by atoms with van der Waals surface area (Å²) in [5, 5.41) is 12.7. The number of amides is 2. The molecule has 4 atom stereocenters. The van der Waals surface area contributed by atoms with Gasteiger partial charge in [-0.1, -0.05) is 43.5 Å². The zero-order valence-corrected chi connectivity index (χ0v) is 29.3. The molecule has 4 fully saturated rings. The van der Waals surface area contributed by atoms with Crippen LogP contribution in [-0.4, -0.2) is 63.6 Å². The molecule has 0 bridgehead atoms. The zero-order valence-electron chi connectivity index (χ0n) is 29.3. The molecule has 2 N–H and O–H groups in total. The van der Waals surface area contributed by atoms with E-state index in [1.54, 1.807) is 19.1 Å². The van der Waals surface area contributed by atoms with Crippen LogP contribution in [-0.2, 0) is 4.79 Å². The van der Waals surface area contributed by atoms with Crippen molar-refractivity contribution in [2.45, 2.75) is 95.3 Å². The second kappa shape index (κ2) is 13.8. The van der Waals surface area contributed by atoms with Crippen molar-refractivity contribution in [3.8, 4) is 0 Å². The fraction of sp³-hybridized carbons (Fsp3) is 0.488. The topological polar surface area (TPSA) is 82.5 Å². The Morgan fingerprint density at radius 3 is 2.40 bits per heavy atom. The van der Waals surface area contributed by atoms with Gasteiger partial charge in [0, 0.05) is 28.8 Å².